The molecule has 0 amide bonds. The average Bonchev–Trinajstić information content (AvgIpc) is 2.18. The quantitative estimate of drug-likeness (QED) is 0.562. The molecule has 0 aromatic rings. The molecule has 0 heterocycles. The summed E-state index contributed by atoms with van der Waals surface area (Å²) in [5.74, 6) is 0. The molecule has 0 saturated carbocycles. The summed E-state index contributed by atoms with van der Waals surface area (Å²) in [6.45, 7) is 14.1. The second-order valence-electron chi connectivity index (χ2n) is 4.59. The number of nitrogens with zero attached hydrogens (tertiary/aromatic N) is 1. The van der Waals surface area contributed by atoms with E-state index < -0.39 is 8.24 Å². The van der Waals surface area contributed by atoms with Crippen molar-refractivity contribution in [3.63, 3.8) is 0 Å². The predicted octanol–water partition coefficient (Wildman–Crippen LogP) is 4.21. The van der Waals surface area contributed by atoms with E-state index in [9.17, 15) is 0 Å². The molecule has 1 nitrogen and oxygen atoms in total. The molecule has 0 aromatic heterocycles. The topological polar surface area (TPSA) is 3.24 Å². The SMILES string of the molecule is CC=C[Si](C)(CCC)N(CCC)CCC. The summed E-state index contributed by atoms with van der Waals surface area (Å²) >= 11 is 0. The van der Waals surface area contributed by atoms with E-state index in [1.807, 2.05) is 0 Å². The van der Waals surface area contributed by atoms with Gasteiger partial charge in [0.25, 0.3) is 0 Å². The Morgan fingerprint density at radius 2 is 1.53 bits per heavy atom. The molecule has 0 N–H and O–H groups in total. The number of rotatable bonds is 8. The van der Waals surface area contributed by atoms with Gasteiger partial charge < -0.3 is 4.57 Å². The van der Waals surface area contributed by atoms with E-state index in [2.05, 4.69) is 50.6 Å². The van der Waals surface area contributed by atoms with Crippen LogP contribution in [0.4, 0.5) is 0 Å². The molecule has 0 radical (unpaired) electrons. The molecule has 0 saturated heterocycles. The van der Waals surface area contributed by atoms with Crippen LogP contribution in [-0.2, 0) is 0 Å². The highest BCUT2D eigenvalue weighted by Gasteiger charge is 2.29. The van der Waals surface area contributed by atoms with Crippen LogP contribution in [0.1, 0.15) is 47.0 Å². The van der Waals surface area contributed by atoms with E-state index in [1.165, 1.54) is 38.4 Å². The Hall–Kier alpha value is -0.0831. The van der Waals surface area contributed by atoms with E-state index in [0.29, 0.717) is 0 Å². The summed E-state index contributed by atoms with van der Waals surface area (Å²) in [7, 11) is -1.27. The van der Waals surface area contributed by atoms with Crippen molar-refractivity contribution in [1.29, 1.82) is 0 Å². The maximum Gasteiger partial charge on any atom is 0.149 e. The number of allylic oxidation sites excluding steroid dienone is 1. The van der Waals surface area contributed by atoms with Gasteiger partial charge in [0, 0.05) is 0 Å². The van der Waals surface area contributed by atoms with Crippen LogP contribution in [-0.4, -0.2) is 25.9 Å². The second kappa shape index (κ2) is 8.11. The number of hydrogen-bond acceptors (Lipinski definition) is 1. The van der Waals surface area contributed by atoms with Gasteiger partial charge in [0.15, 0.2) is 0 Å². The largest absolute Gasteiger partial charge is 0.320 e. The van der Waals surface area contributed by atoms with Crippen molar-refractivity contribution in [2.75, 3.05) is 13.1 Å². The Morgan fingerprint density at radius 3 is 1.87 bits per heavy atom. The predicted molar refractivity (Wildman–Crippen MR) is 73.7 cm³/mol. The fraction of sp³-hybridized carbons (Fsp3) is 0.846. The molecule has 0 aliphatic heterocycles. The van der Waals surface area contributed by atoms with Crippen LogP contribution in [0, 0.1) is 0 Å². The first-order valence-electron chi connectivity index (χ1n) is 6.53. The first-order valence-corrected chi connectivity index (χ1v) is 9.26. The van der Waals surface area contributed by atoms with Gasteiger partial charge in [-0.25, -0.2) is 0 Å². The zero-order chi connectivity index (χ0) is 11.7. The summed E-state index contributed by atoms with van der Waals surface area (Å²) in [5, 5.41) is 0. The molecule has 90 valence electrons. The molecule has 0 aliphatic rings. The highest BCUT2D eigenvalue weighted by Crippen LogP contribution is 2.20. The summed E-state index contributed by atoms with van der Waals surface area (Å²) in [4.78, 5) is 0. The standard InChI is InChI=1S/C13H29NSi/c1-6-10-14(11-7-2)15(5,12-8-3)13-9-4/h8,12H,6-7,9-11,13H2,1-5H3. The maximum absolute atomic E-state index is 2.77. The van der Waals surface area contributed by atoms with E-state index in [-0.39, 0.29) is 0 Å². The van der Waals surface area contributed by atoms with Gasteiger partial charge in [-0.2, -0.15) is 0 Å². The molecule has 1 unspecified atom stereocenters. The molecule has 15 heavy (non-hydrogen) atoms. The third-order valence-corrected chi connectivity index (χ3v) is 7.45. The Balaban J connectivity index is 4.63. The third-order valence-electron chi connectivity index (χ3n) is 2.99. The summed E-state index contributed by atoms with van der Waals surface area (Å²) in [6, 6.07) is 1.40. The zero-order valence-corrected chi connectivity index (χ0v) is 12.3. The average molecular weight is 227 g/mol. The zero-order valence-electron chi connectivity index (χ0n) is 11.3. The normalized spacial score (nSPS) is 16.1. The highest BCUT2D eigenvalue weighted by molar-refractivity contribution is 6.80. The van der Waals surface area contributed by atoms with Gasteiger partial charge in [0.2, 0.25) is 0 Å². The fourth-order valence-corrected chi connectivity index (χ4v) is 6.27. The lowest BCUT2D eigenvalue weighted by molar-refractivity contribution is 0.419. The minimum Gasteiger partial charge on any atom is -0.320 e. The monoisotopic (exact) mass is 227 g/mol. The van der Waals surface area contributed by atoms with E-state index in [0.717, 1.165) is 0 Å². The van der Waals surface area contributed by atoms with Gasteiger partial charge in [-0.1, -0.05) is 45.5 Å². The molecule has 0 spiro atoms. The second-order valence-corrected chi connectivity index (χ2v) is 8.77. The molecule has 0 aliphatic carbocycles. The Bertz CT molecular complexity index is 173. The van der Waals surface area contributed by atoms with Gasteiger partial charge >= 0.3 is 0 Å². The van der Waals surface area contributed by atoms with Gasteiger partial charge in [-0.15, -0.1) is 0 Å². The van der Waals surface area contributed by atoms with Crippen molar-refractivity contribution in [2.24, 2.45) is 0 Å². The molecule has 0 aromatic carbocycles. The van der Waals surface area contributed by atoms with E-state index >= 15 is 0 Å². The first-order chi connectivity index (χ1) is 7.14. The lowest BCUT2D eigenvalue weighted by Gasteiger charge is -2.37. The summed E-state index contributed by atoms with van der Waals surface area (Å²) < 4.78 is 2.77. The maximum atomic E-state index is 2.77. The minimum atomic E-state index is -1.27. The third kappa shape index (κ3) is 4.98. The van der Waals surface area contributed by atoms with E-state index in [1.54, 1.807) is 0 Å². The Morgan fingerprint density at radius 1 is 1.00 bits per heavy atom. The van der Waals surface area contributed by atoms with E-state index in [4.69, 9.17) is 0 Å². The van der Waals surface area contributed by atoms with Gasteiger partial charge in [-0.05, 0) is 38.9 Å². The van der Waals surface area contributed by atoms with Crippen molar-refractivity contribution >= 4 is 8.24 Å². The van der Waals surface area contributed by atoms with Crippen LogP contribution in [0.3, 0.4) is 0 Å². The highest BCUT2D eigenvalue weighted by atomic mass is 28.3. The van der Waals surface area contributed by atoms with Crippen LogP contribution in [0.2, 0.25) is 12.6 Å². The smallest absolute Gasteiger partial charge is 0.149 e. The van der Waals surface area contributed by atoms with Crippen LogP contribution in [0.5, 0.6) is 0 Å². The lowest BCUT2D eigenvalue weighted by Crippen LogP contribution is -2.50. The minimum absolute atomic E-state index is 1.27. The Labute approximate surface area is 97.6 Å². The lowest BCUT2D eigenvalue weighted by atomic mass is 10.4. The molecule has 2 heteroatoms. The molecule has 0 rings (SSSR count). The van der Waals surface area contributed by atoms with Crippen molar-refractivity contribution in [1.82, 2.24) is 4.57 Å². The van der Waals surface area contributed by atoms with Crippen LogP contribution in [0.15, 0.2) is 11.8 Å². The summed E-state index contributed by atoms with van der Waals surface area (Å²) in [6.07, 6.45) is 6.14. The van der Waals surface area contributed by atoms with Crippen LogP contribution < -0.4 is 0 Å². The van der Waals surface area contributed by atoms with Crippen molar-refractivity contribution in [3.8, 4) is 0 Å². The van der Waals surface area contributed by atoms with Gasteiger partial charge in [0.1, 0.15) is 8.24 Å². The molecular formula is C13H29NSi. The molecule has 1 atom stereocenters. The number of hydrogen-bond donors (Lipinski definition) is 0. The fourth-order valence-electron chi connectivity index (χ4n) is 2.37. The first kappa shape index (κ1) is 14.9. The van der Waals surface area contributed by atoms with Crippen molar-refractivity contribution < 1.29 is 0 Å². The van der Waals surface area contributed by atoms with Crippen LogP contribution >= 0.6 is 0 Å². The summed E-state index contributed by atoms with van der Waals surface area (Å²) in [5.41, 5.74) is 2.52. The Kier molecular flexibility index (Phi) is 8.07. The van der Waals surface area contributed by atoms with Crippen molar-refractivity contribution in [3.05, 3.63) is 11.8 Å². The molecule has 0 bridgehead atoms. The van der Waals surface area contributed by atoms with Gasteiger partial charge in [0.05, 0.1) is 0 Å². The molecular weight excluding hydrogens is 198 g/mol. The van der Waals surface area contributed by atoms with Crippen molar-refractivity contribution in [2.45, 2.75) is 59.5 Å². The molecule has 0 fully saturated rings. The van der Waals surface area contributed by atoms with Gasteiger partial charge in [-0.3, -0.25) is 0 Å². The van der Waals surface area contributed by atoms with Crippen LogP contribution in [0.25, 0.3) is 0 Å².